The number of hydrogen-bond acceptors (Lipinski definition) is 7. The Bertz CT molecular complexity index is 795. The first kappa shape index (κ1) is 15.0. The number of nitrogens with zero attached hydrogens (tertiary/aromatic N) is 3. The summed E-state index contributed by atoms with van der Waals surface area (Å²) in [5.41, 5.74) is 1.62. The lowest BCUT2D eigenvalue weighted by Crippen LogP contribution is -2.09. The van der Waals surface area contributed by atoms with E-state index in [1.54, 1.807) is 11.3 Å². The molecular formula is C14H14N4O2S2. The summed E-state index contributed by atoms with van der Waals surface area (Å²) in [7, 11) is 0. The van der Waals surface area contributed by atoms with E-state index in [-0.39, 0.29) is 5.56 Å². The highest BCUT2D eigenvalue weighted by atomic mass is 32.2. The molecule has 0 aliphatic rings. The molecule has 0 fully saturated rings. The maximum absolute atomic E-state index is 11.6. The molecule has 0 radical (unpaired) electrons. The summed E-state index contributed by atoms with van der Waals surface area (Å²) >= 11 is 2.96. The maximum atomic E-state index is 11.6. The molecule has 114 valence electrons. The van der Waals surface area contributed by atoms with Crippen LogP contribution in [-0.2, 0) is 12.2 Å². The van der Waals surface area contributed by atoms with Crippen LogP contribution in [0.3, 0.4) is 0 Å². The molecule has 3 heterocycles. The third-order valence-corrected chi connectivity index (χ3v) is 4.40. The van der Waals surface area contributed by atoms with Crippen LogP contribution in [0.15, 0.2) is 37.4 Å². The van der Waals surface area contributed by atoms with Gasteiger partial charge in [0.05, 0.1) is 5.75 Å². The molecule has 3 rings (SSSR count). The van der Waals surface area contributed by atoms with E-state index in [0.29, 0.717) is 22.6 Å². The van der Waals surface area contributed by atoms with Crippen LogP contribution >= 0.6 is 23.1 Å². The summed E-state index contributed by atoms with van der Waals surface area (Å²) in [5.74, 6) is 1.56. The van der Waals surface area contributed by atoms with Crippen LogP contribution in [0.25, 0.3) is 11.4 Å². The van der Waals surface area contributed by atoms with Crippen LogP contribution in [-0.4, -0.2) is 20.1 Å². The summed E-state index contributed by atoms with van der Waals surface area (Å²) in [5, 5.41) is 8.46. The first-order valence-electron chi connectivity index (χ1n) is 6.83. The SMILES string of the molecule is CCCc1cc(=O)[nH]c(SCc2nc(-c3ccsc3)no2)n1. The lowest BCUT2D eigenvalue weighted by Gasteiger charge is -2.01. The van der Waals surface area contributed by atoms with Gasteiger partial charge in [-0.3, -0.25) is 4.79 Å². The standard InChI is InChI=1S/C14H14N4O2S2/c1-2-3-10-6-11(19)16-14(15-10)22-8-12-17-13(18-20-12)9-4-5-21-7-9/h4-7H,2-3,8H2,1H3,(H,15,16,19). The molecule has 3 aromatic rings. The Labute approximate surface area is 135 Å². The van der Waals surface area contributed by atoms with Gasteiger partial charge in [0.2, 0.25) is 11.7 Å². The Morgan fingerprint density at radius 2 is 2.32 bits per heavy atom. The van der Waals surface area contributed by atoms with E-state index in [9.17, 15) is 4.79 Å². The fraction of sp³-hybridized carbons (Fsp3) is 0.286. The fourth-order valence-electron chi connectivity index (χ4n) is 1.89. The van der Waals surface area contributed by atoms with Crippen molar-refractivity contribution >= 4 is 23.1 Å². The molecule has 22 heavy (non-hydrogen) atoms. The Balaban J connectivity index is 1.69. The zero-order chi connectivity index (χ0) is 15.4. The largest absolute Gasteiger partial charge is 0.338 e. The summed E-state index contributed by atoms with van der Waals surface area (Å²) in [6, 6.07) is 3.48. The summed E-state index contributed by atoms with van der Waals surface area (Å²) in [6.07, 6.45) is 1.74. The minimum absolute atomic E-state index is 0.134. The molecule has 0 saturated heterocycles. The quantitative estimate of drug-likeness (QED) is 0.551. The van der Waals surface area contributed by atoms with Gasteiger partial charge in [0.15, 0.2) is 5.16 Å². The fourth-order valence-corrected chi connectivity index (χ4v) is 3.25. The van der Waals surface area contributed by atoms with E-state index in [1.165, 1.54) is 17.8 Å². The number of aromatic nitrogens is 4. The van der Waals surface area contributed by atoms with Crippen LogP contribution in [0.4, 0.5) is 0 Å². The molecule has 0 aliphatic carbocycles. The second kappa shape index (κ2) is 6.89. The van der Waals surface area contributed by atoms with Crippen LogP contribution in [0.1, 0.15) is 24.9 Å². The van der Waals surface area contributed by atoms with Gasteiger partial charge in [-0.2, -0.15) is 16.3 Å². The van der Waals surface area contributed by atoms with Gasteiger partial charge in [-0.05, 0) is 17.9 Å². The number of thiophene rings is 1. The van der Waals surface area contributed by atoms with E-state index < -0.39 is 0 Å². The van der Waals surface area contributed by atoms with Gasteiger partial charge in [0, 0.05) is 22.7 Å². The Morgan fingerprint density at radius 3 is 3.09 bits per heavy atom. The third kappa shape index (κ3) is 3.63. The number of thioether (sulfide) groups is 1. The van der Waals surface area contributed by atoms with Crippen molar-refractivity contribution in [1.29, 1.82) is 0 Å². The molecule has 0 atom stereocenters. The van der Waals surface area contributed by atoms with Crippen LogP contribution in [0, 0.1) is 0 Å². The topological polar surface area (TPSA) is 84.7 Å². The van der Waals surface area contributed by atoms with Gasteiger partial charge >= 0.3 is 0 Å². The smallest absolute Gasteiger partial charge is 0.251 e. The first-order valence-corrected chi connectivity index (χ1v) is 8.75. The number of nitrogens with one attached hydrogen (secondary N) is 1. The first-order chi connectivity index (χ1) is 10.7. The molecule has 0 aromatic carbocycles. The molecule has 3 aromatic heterocycles. The highest BCUT2D eigenvalue weighted by Crippen LogP contribution is 2.22. The van der Waals surface area contributed by atoms with Gasteiger partial charge in [-0.1, -0.05) is 30.3 Å². The number of aromatic amines is 1. The van der Waals surface area contributed by atoms with E-state index in [0.717, 1.165) is 24.1 Å². The second-order valence-corrected chi connectivity index (χ2v) is 6.35. The Hall–Kier alpha value is -1.93. The molecule has 0 unspecified atom stereocenters. The van der Waals surface area contributed by atoms with Crippen LogP contribution in [0.2, 0.25) is 0 Å². The molecule has 8 heteroatoms. The highest BCUT2D eigenvalue weighted by Gasteiger charge is 2.10. The lowest BCUT2D eigenvalue weighted by atomic mass is 10.2. The Morgan fingerprint density at radius 1 is 1.41 bits per heavy atom. The van der Waals surface area contributed by atoms with Crippen molar-refractivity contribution in [3.05, 3.63) is 44.8 Å². The van der Waals surface area contributed by atoms with Crippen molar-refractivity contribution in [3.63, 3.8) is 0 Å². The lowest BCUT2D eigenvalue weighted by molar-refractivity contribution is 0.391. The average Bonchev–Trinajstić information content (AvgIpc) is 3.16. The predicted octanol–water partition coefficient (Wildman–Crippen LogP) is 3.13. The average molecular weight is 334 g/mol. The summed E-state index contributed by atoms with van der Waals surface area (Å²) < 4.78 is 5.22. The van der Waals surface area contributed by atoms with E-state index in [2.05, 4.69) is 27.0 Å². The van der Waals surface area contributed by atoms with Crippen molar-refractivity contribution in [2.45, 2.75) is 30.7 Å². The van der Waals surface area contributed by atoms with Gasteiger partial charge < -0.3 is 9.51 Å². The number of rotatable bonds is 6. The maximum Gasteiger partial charge on any atom is 0.251 e. The van der Waals surface area contributed by atoms with Crippen LogP contribution < -0.4 is 5.56 Å². The molecular weight excluding hydrogens is 320 g/mol. The van der Waals surface area contributed by atoms with Gasteiger partial charge in [0.1, 0.15) is 0 Å². The van der Waals surface area contributed by atoms with Crippen molar-refractivity contribution in [1.82, 2.24) is 20.1 Å². The Kier molecular flexibility index (Phi) is 4.69. The van der Waals surface area contributed by atoms with Crippen molar-refractivity contribution < 1.29 is 4.52 Å². The monoisotopic (exact) mass is 334 g/mol. The van der Waals surface area contributed by atoms with Gasteiger partial charge in [-0.15, -0.1) is 0 Å². The summed E-state index contributed by atoms with van der Waals surface area (Å²) in [4.78, 5) is 23.1. The molecule has 0 bridgehead atoms. The van der Waals surface area contributed by atoms with Gasteiger partial charge in [0.25, 0.3) is 5.56 Å². The summed E-state index contributed by atoms with van der Waals surface area (Å²) in [6.45, 7) is 2.06. The van der Waals surface area contributed by atoms with Crippen molar-refractivity contribution in [2.24, 2.45) is 0 Å². The molecule has 0 saturated carbocycles. The molecule has 1 N–H and O–H groups in total. The number of aryl methyl sites for hydroxylation is 1. The van der Waals surface area contributed by atoms with E-state index >= 15 is 0 Å². The predicted molar refractivity (Wildman–Crippen MR) is 86.0 cm³/mol. The number of H-pyrrole nitrogens is 1. The van der Waals surface area contributed by atoms with Crippen molar-refractivity contribution in [2.75, 3.05) is 0 Å². The minimum Gasteiger partial charge on any atom is -0.338 e. The molecule has 0 aliphatic heterocycles. The van der Waals surface area contributed by atoms with Gasteiger partial charge in [-0.25, -0.2) is 4.98 Å². The van der Waals surface area contributed by atoms with E-state index in [1.807, 2.05) is 16.8 Å². The minimum atomic E-state index is -0.134. The normalized spacial score (nSPS) is 11.0. The zero-order valence-corrected chi connectivity index (χ0v) is 13.5. The van der Waals surface area contributed by atoms with Crippen LogP contribution in [0.5, 0.6) is 0 Å². The third-order valence-electron chi connectivity index (χ3n) is 2.86. The highest BCUT2D eigenvalue weighted by molar-refractivity contribution is 7.98. The zero-order valence-electron chi connectivity index (χ0n) is 11.9. The van der Waals surface area contributed by atoms with E-state index in [4.69, 9.17) is 4.52 Å². The molecule has 6 nitrogen and oxygen atoms in total. The number of hydrogen-bond donors (Lipinski definition) is 1. The van der Waals surface area contributed by atoms with Crippen molar-refractivity contribution in [3.8, 4) is 11.4 Å². The molecule has 0 amide bonds. The molecule has 0 spiro atoms. The second-order valence-electron chi connectivity index (χ2n) is 4.60.